The maximum atomic E-state index is 10.8. The molecule has 1 aliphatic rings. The molecule has 0 amide bonds. The van der Waals surface area contributed by atoms with Crippen molar-refractivity contribution >= 4 is 5.78 Å². The molecule has 0 radical (unpaired) electrons. The summed E-state index contributed by atoms with van der Waals surface area (Å²) in [5, 5.41) is 0. The van der Waals surface area contributed by atoms with Crippen LogP contribution in [-0.2, 0) is 9.53 Å². The van der Waals surface area contributed by atoms with Crippen molar-refractivity contribution in [3.63, 3.8) is 0 Å². The monoisotopic (exact) mass is 241 g/mol. The molecular weight excluding hydrogens is 214 g/mol. The molecule has 0 N–H and O–H groups in total. The lowest BCUT2D eigenvalue weighted by Crippen LogP contribution is -2.37. The predicted molar refractivity (Wildman–Crippen MR) is 70.2 cm³/mol. The Hall–Kier alpha value is -0.410. The number of nitrogens with zero attached hydrogens (tertiary/aromatic N) is 1. The Morgan fingerprint density at radius 2 is 1.82 bits per heavy atom. The van der Waals surface area contributed by atoms with Crippen LogP contribution in [-0.4, -0.2) is 43.5 Å². The predicted octanol–water partition coefficient (Wildman–Crippen LogP) is 2.64. The number of methoxy groups -OCH3 is 1. The largest absolute Gasteiger partial charge is 0.381 e. The van der Waals surface area contributed by atoms with Gasteiger partial charge < -0.3 is 14.4 Å². The Morgan fingerprint density at radius 3 is 2.41 bits per heavy atom. The topological polar surface area (TPSA) is 29.5 Å². The summed E-state index contributed by atoms with van der Waals surface area (Å²) in [6.45, 7) is 5.27. The zero-order valence-electron chi connectivity index (χ0n) is 11.4. The summed E-state index contributed by atoms with van der Waals surface area (Å²) in [7, 11) is 1.81. The van der Waals surface area contributed by atoms with E-state index in [1.54, 1.807) is 6.92 Å². The van der Waals surface area contributed by atoms with Gasteiger partial charge in [0, 0.05) is 26.6 Å². The van der Waals surface area contributed by atoms with Gasteiger partial charge in [-0.2, -0.15) is 0 Å². The van der Waals surface area contributed by atoms with Crippen LogP contribution < -0.4 is 0 Å². The van der Waals surface area contributed by atoms with Crippen molar-refractivity contribution in [1.29, 1.82) is 0 Å². The summed E-state index contributed by atoms with van der Waals surface area (Å²) in [6, 6.07) is 0. The number of ketones is 1. The van der Waals surface area contributed by atoms with Crippen LogP contribution in [0.15, 0.2) is 0 Å². The average Bonchev–Trinajstić information content (AvgIpc) is 2.34. The van der Waals surface area contributed by atoms with E-state index in [0.29, 0.717) is 11.9 Å². The molecule has 0 aromatic heterocycles. The van der Waals surface area contributed by atoms with Crippen LogP contribution in [0.3, 0.4) is 0 Å². The quantitative estimate of drug-likeness (QED) is 0.612. The Labute approximate surface area is 106 Å². The van der Waals surface area contributed by atoms with Crippen LogP contribution in [0.1, 0.15) is 51.9 Å². The fourth-order valence-electron chi connectivity index (χ4n) is 2.43. The van der Waals surface area contributed by atoms with Crippen LogP contribution in [0.2, 0.25) is 0 Å². The van der Waals surface area contributed by atoms with Crippen LogP contribution in [0.4, 0.5) is 0 Å². The molecule has 1 aliphatic heterocycles. The molecule has 1 fully saturated rings. The summed E-state index contributed by atoms with van der Waals surface area (Å²) >= 11 is 0. The Morgan fingerprint density at radius 1 is 1.18 bits per heavy atom. The van der Waals surface area contributed by atoms with E-state index in [2.05, 4.69) is 4.90 Å². The first-order valence-electron chi connectivity index (χ1n) is 6.97. The first kappa shape index (κ1) is 14.7. The molecule has 3 nitrogen and oxygen atoms in total. The van der Waals surface area contributed by atoms with Gasteiger partial charge in [-0.15, -0.1) is 0 Å². The van der Waals surface area contributed by atoms with Gasteiger partial charge in [0.15, 0.2) is 0 Å². The molecule has 0 aromatic carbocycles. The van der Waals surface area contributed by atoms with E-state index in [4.69, 9.17) is 4.74 Å². The summed E-state index contributed by atoms with van der Waals surface area (Å²) in [5.74, 6) is 0.326. The second kappa shape index (κ2) is 8.65. The van der Waals surface area contributed by atoms with Crippen LogP contribution in [0.25, 0.3) is 0 Å². The lowest BCUT2D eigenvalue weighted by Gasteiger charge is -2.31. The highest BCUT2D eigenvalue weighted by Crippen LogP contribution is 2.14. The van der Waals surface area contributed by atoms with E-state index >= 15 is 0 Å². The fourth-order valence-corrected chi connectivity index (χ4v) is 2.43. The number of hydrogen-bond acceptors (Lipinski definition) is 3. The number of carbonyl (C=O) groups is 1. The van der Waals surface area contributed by atoms with Crippen molar-refractivity contribution in [2.24, 2.45) is 0 Å². The molecule has 100 valence electrons. The fraction of sp³-hybridized carbons (Fsp3) is 0.929. The number of likely N-dealkylation sites (tertiary alicyclic amines) is 1. The SMILES string of the molecule is COC1CCN(CCCCCCC(C)=O)CC1. The van der Waals surface area contributed by atoms with Gasteiger partial charge in [0.25, 0.3) is 0 Å². The Kier molecular flexibility index (Phi) is 7.45. The molecule has 0 atom stereocenters. The third-order valence-corrected chi connectivity index (χ3v) is 3.62. The van der Waals surface area contributed by atoms with E-state index in [0.717, 1.165) is 12.8 Å². The second-order valence-corrected chi connectivity index (χ2v) is 5.14. The molecular formula is C14H27NO2. The van der Waals surface area contributed by atoms with Gasteiger partial charge in [-0.1, -0.05) is 12.8 Å². The van der Waals surface area contributed by atoms with Gasteiger partial charge in [-0.05, 0) is 39.2 Å². The van der Waals surface area contributed by atoms with Gasteiger partial charge in [0.1, 0.15) is 5.78 Å². The number of unbranched alkanes of at least 4 members (excludes halogenated alkanes) is 3. The third-order valence-electron chi connectivity index (χ3n) is 3.62. The zero-order chi connectivity index (χ0) is 12.5. The molecule has 17 heavy (non-hydrogen) atoms. The molecule has 0 aromatic rings. The molecule has 0 bridgehead atoms. The Bertz CT molecular complexity index is 210. The highest BCUT2D eigenvalue weighted by molar-refractivity contribution is 5.75. The van der Waals surface area contributed by atoms with E-state index in [1.807, 2.05) is 7.11 Å². The van der Waals surface area contributed by atoms with Crippen molar-refractivity contribution in [2.45, 2.75) is 58.0 Å². The first-order valence-corrected chi connectivity index (χ1v) is 6.97. The second-order valence-electron chi connectivity index (χ2n) is 5.14. The molecule has 3 heteroatoms. The summed E-state index contributed by atoms with van der Waals surface area (Å²) in [4.78, 5) is 13.3. The minimum Gasteiger partial charge on any atom is -0.381 e. The van der Waals surface area contributed by atoms with Crippen molar-refractivity contribution in [3.8, 4) is 0 Å². The number of piperidine rings is 1. The van der Waals surface area contributed by atoms with Crippen LogP contribution >= 0.6 is 0 Å². The molecule has 1 heterocycles. The maximum Gasteiger partial charge on any atom is 0.129 e. The standard InChI is InChI=1S/C14H27NO2/c1-13(16)7-5-3-4-6-10-15-11-8-14(17-2)9-12-15/h14H,3-12H2,1-2H3. The van der Waals surface area contributed by atoms with Crippen molar-refractivity contribution in [1.82, 2.24) is 4.90 Å². The summed E-state index contributed by atoms with van der Waals surface area (Å²) < 4.78 is 5.36. The number of ether oxygens (including phenoxy) is 1. The highest BCUT2D eigenvalue weighted by atomic mass is 16.5. The lowest BCUT2D eigenvalue weighted by molar-refractivity contribution is -0.117. The van der Waals surface area contributed by atoms with Gasteiger partial charge >= 0.3 is 0 Å². The molecule has 0 spiro atoms. The van der Waals surface area contributed by atoms with Crippen molar-refractivity contribution in [3.05, 3.63) is 0 Å². The first-order chi connectivity index (χ1) is 8.22. The summed E-state index contributed by atoms with van der Waals surface area (Å²) in [6.07, 6.45) is 8.42. The number of Topliss-reactive ketones (excluding diaryl/α,β-unsaturated/α-hetero) is 1. The van der Waals surface area contributed by atoms with Gasteiger partial charge in [0.05, 0.1) is 6.10 Å². The number of hydrogen-bond donors (Lipinski definition) is 0. The highest BCUT2D eigenvalue weighted by Gasteiger charge is 2.17. The zero-order valence-corrected chi connectivity index (χ0v) is 11.4. The van der Waals surface area contributed by atoms with E-state index in [9.17, 15) is 4.79 Å². The molecule has 0 unspecified atom stereocenters. The Balaban J connectivity index is 1.91. The molecule has 1 rings (SSSR count). The minimum absolute atomic E-state index is 0.326. The normalized spacial score (nSPS) is 18.5. The van der Waals surface area contributed by atoms with Gasteiger partial charge in [-0.25, -0.2) is 0 Å². The molecule has 1 saturated heterocycles. The summed E-state index contributed by atoms with van der Waals surface area (Å²) in [5.41, 5.74) is 0. The smallest absolute Gasteiger partial charge is 0.129 e. The lowest BCUT2D eigenvalue weighted by atomic mass is 10.1. The van der Waals surface area contributed by atoms with Crippen molar-refractivity contribution < 1.29 is 9.53 Å². The van der Waals surface area contributed by atoms with E-state index < -0.39 is 0 Å². The van der Waals surface area contributed by atoms with Gasteiger partial charge in [0.2, 0.25) is 0 Å². The number of carbonyl (C=O) groups excluding carboxylic acids is 1. The van der Waals surface area contributed by atoms with Crippen LogP contribution in [0.5, 0.6) is 0 Å². The number of rotatable bonds is 8. The van der Waals surface area contributed by atoms with Crippen molar-refractivity contribution in [2.75, 3.05) is 26.7 Å². The van der Waals surface area contributed by atoms with E-state index in [-0.39, 0.29) is 0 Å². The van der Waals surface area contributed by atoms with Gasteiger partial charge in [-0.3, -0.25) is 0 Å². The third kappa shape index (κ3) is 6.79. The average molecular weight is 241 g/mol. The van der Waals surface area contributed by atoms with E-state index in [1.165, 1.54) is 51.7 Å². The van der Waals surface area contributed by atoms with Crippen LogP contribution in [0, 0.1) is 0 Å². The molecule has 0 saturated carbocycles. The maximum absolute atomic E-state index is 10.8. The minimum atomic E-state index is 0.326. The molecule has 0 aliphatic carbocycles.